The van der Waals surface area contributed by atoms with E-state index in [-0.39, 0.29) is 30.3 Å². The van der Waals surface area contributed by atoms with Gasteiger partial charge in [-0.05, 0) is 24.3 Å². The number of aliphatic carboxylic acids is 1. The molecule has 2 rings (SSSR count). The molecule has 3 atom stereocenters. The Morgan fingerprint density at radius 3 is 2.56 bits per heavy atom. The Balaban J connectivity index is 2.01. The third kappa shape index (κ3) is 6.16. The number of hydrogen-bond donors (Lipinski definition) is 3. The van der Waals surface area contributed by atoms with E-state index >= 15 is 0 Å². The van der Waals surface area contributed by atoms with E-state index in [2.05, 4.69) is 10.6 Å². The van der Waals surface area contributed by atoms with Gasteiger partial charge in [0.25, 0.3) is 0 Å². The minimum absolute atomic E-state index is 0.114. The first-order valence-electron chi connectivity index (χ1n) is 8.80. The Bertz CT molecular complexity index is 588. The number of carbonyl (C=O) groups is 3. The Morgan fingerprint density at radius 2 is 1.96 bits per heavy atom. The van der Waals surface area contributed by atoms with E-state index in [0.29, 0.717) is 12.8 Å². The molecule has 0 bridgehead atoms. The number of carboxylic acids is 1. The molecule has 6 nitrogen and oxygen atoms in total. The quantitative estimate of drug-likeness (QED) is 0.721. The third-order valence-electron chi connectivity index (χ3n) is 4.58. The fourth-order valence-corrected chi connectivity index (χ4v) is 4.14. The van der Waals surface area contributed by atoms with E-state index in [0.717, 1.165) is 30.6 Å². The highest BCUT2D eigenvalue weighted by Crippen LogP contribution is 2.25. The lowest BCUT2D eigenvalue weighted by Gasteiger charge is -2.28. The van der Waals surface area contributed by atoms with Crippen molar-refractivity contribution in [3.8, 4) is 0 Å². The van der Waals surface area contributed by atoms with Crippen molar-refractivity contribution in [2.75, 3.05) is 0 Å². The van der Waals surface area contributed by atoms with Gasteiger partial charge >= 0.3 is 5.97 Å². The number of amides is 2. The van der Waals surface area contributed by atoms with Crippen LogP contribution in [0.4, 0.5) is 0 Å². The maximum absolute atomic E-state index is 12.5. The van der Waals surface area contributed by atoms with Gasteiger partial charge in [-0.15, -0.1) is 11.3 Å². The van der Waals surface area contributed by atoms with Gasteiger partial charge in [0.2, 0.25) is 11.8 Å². The molecule has 3 N–H and O–H groups in total. The Labute approximate surface area is 152 Å². The van der Waals surface area contributed by atoms with Crippen LogP contribution in [0, 0.1) is 5.92 Å². The molecule has 0 radical (unpaired) electrons. The van der Waals surface area contributed by atoms with Gasteiger partial charge in [0.15, 0.2) is 0 Å². The molecular weight excluding hydrogens is 340 g/mol. The summed E-state index contributed by atoms with van der Waals surface area (Å²) >= 11 is 1.48. The van der Waals surface area contributed by atoms with Crippen LogP contribution in [-0.2, 0) is 14.4 Å². The van der Waals surface area contributed by atoms with E-state index in [1.807, 2.05) is 17.5 Å². The standard InChI is InChI=1S/C18H26N2O4S/c1-12(21)19-15(16-9-6-10-25-16)11-17(22)20-14-8-5-3-2-4-7-13(14)18(23)24/h6,9-10,13-15H,2-5,7-8,11H2,1H3,(H,19,21)(H,20,22)(H,23,24). The molecule has 0 aliphatic heterocycles. The lowest BCUT2D eigenvalue weighted by molar-refractivity contribution is -0.143. The van der Waals surface area contributed by atoms with Gasteiger partial charge in [-0.1, -0.05) is 31.7 Å². The van der Waals surface area contributed by atoms with Crippen molar-refractivity contribution < 1.29 is 19.5 Å². The molecule has 1 fully saturated rings. The molecule has 1 aliphatic carbocycles. The average molecular weight is 366 g/mol. The minimum atomic E-state index is -0.844. The van der Waals surface area contributed by atoms with Crippen molar-refractivity contribution in [2.45, 2.75) is 64.0 Å². The molecular formula is C18H26N2O4S. The van der Waals surface area contributed by atoms with Crippen molar-refractivity contribution in [3.63, 3.8) is 0 Å². The lowest BCUT2D eigenvalue weighted by Crippen LogP contribution is -2.45. The van der Waals surface area contributed by atoms with Gasteiger partial charge in [-0.3, -0.25) is 14.4 Å². The van der Waals surface area contributed by atoms with Gasteiger partial charge in [0, 0.05) is 17.8 Å². The molecule has 138 valence electrons. The molecule has 0 saturated heterocycles. The van der Waals surface area contributed by atoms with Gasteiger partial charge in [-0.2, -0.15) is 0 Å². The number of carboxylic acid groups (broad SMARTS) is 1. The van der Waals surface area contributed by atoms with E-state index in [4.69, 9.17) is 0 Å². The van der Waals surface area contributed by atoms with Crippen LogP contribution < -0.4 is 10.6 Å². The summed E-state index contributed by atoms with van der Waals surface area (Å²) in [6.45, 7) is 1.42. The van der Waals surface area contributed by atoms with Crippen LogP contribution in [0.25, 0.3) is 0 Å². The van der Waals surface area contributed by atoms with Crippen molar-refractivity contribution in [2.24, 2.45) is 5.92 Å². The third-order valence-corrected chi connectivity index (χ3v) is 5.57. The molecule has 2 amide bonds. The van der Waals surface area contributed by atoms with Crippen molar-refractivity contribution in [1.29, 1.82) is 0 Å². The van der Waals surface area contributed by atoms with Crippen LogP contribution in [0.1, 0.15) is 62.8 Å². The van der Waals surface area contributed by atoms with Crippen molar-refractivity contribution >= 4 is 29.1 Å². The predicted molar refractivity (Wildman–Crippen MR) is 96.3 cm³/mol. The van der Waals surface area contributed by atoms with Gasteiger partial charge < -0.3 is 15.7 Å². The summed E-state index contributed by atoms with van der Waals surface area (Å²) in [5.41, 5.74) is 0. The highest BCUT2D eigenvalue weighted by molar-refractivity contribution is 7.10. The molecule has 1 heterocycles. The van der Waals surface area contributed by atoms with Gasteiger partial charge in [-0.25, -0.2) is 0 Å². The zero-order valence-corrected chi connectivity index (χ0v) is 15.3. The minimum Gasteiger partial charge on any atom is -0.481 e. The first-order valence-corrected chi connectivity index (χ1v) is 9.68. The summed E-state index contributed by atoms with van der Waals surface area (Å²) in [5.74, 6) is -1.79. The number of carbonyl (C=O) groups excluding carboxylic acids is 2. The van der Waals surface area contributed by atoms with E-state index in [1.54, 1.807) is 0 Å². The Hall–Kier alpha value is -1.89. The molecule has 3 unspecified atom stereocenters. The van der Waals surface area contributed by atoms with Crippen LogP contribution in [0.15, 0.2) is 17.5 Å². The second-order valence-electron chi connectivity index (χ2n) is 6.58. The maximum atomic E-state index is 12.5. The smallest absolute Gasteiger partial charge is 0.308 e. The Kier molecular flexibility index (Phi) is 7.43. The topological polar surface area (TPSA) is 95.5 Å². The SMILES string of the molecule is CC(=O)NC(CC(=O)NC1CCCCCCC1C(=O)O)c1cccs1. The maximum Gasteiger partial charge on any atom is 0.308 e. The lowest BCUT2D eigenvalue weighted by atomic mass is 9.86. The monoisotopic (exact) mass is 366 g/mol. The summed E-state index contributed by atoms with van der Waals surface area (Å²) < 4.78 is 0. The molecule has 1 aromatic rings. The molecule has 1 aromatic heterocycles. The molecule has 0 spiro atoms. The predicted octanol–water partition coefficient (Wildman–Crippen LogP) is 2.86. The summed E-state index contributed by atoms with van der Waals surface area (Å²) in [6.07, 6.45) is 5.33. The molecule has 0 aromatic carbocycles. The second-order valence-corrected chi connectivity index (χ2v) is 7.56. The molecule has 1 saturated carbocycles. The molecule has 7 heteroatoms. The van der Waals surface area contributed by atoms with E-state index in [9.17, 15) is 19.5 Å². The zero-order valence-electron chi connectivity index (χ0n) is 14.5. The average Bonchev–Trinajstić information content (AvgIpc) is 3.03. The molecule has 1 aliphatic rings. The highest BCUT2D eigenvalue weighted by atomic mass is 32.1. The second kappa shape index (κ2) is 9.56. The first kappa shape index (κ1) is 19.4. The number of nitrogens with one attached hydrogen (secondary N) is 2. The molecule has 25 heavy (non-hydrogen) atoms. The summed E-state index contributed by atoms with van der Waals surface area (Å²) in [6, 6.07) is 3.04. The van der Waals surface area contributed by atoms with Crippen LogP contribution in [0.5, 0.6) is 0 Å². The van der Waals surface area contributed by atoms with Gasteiger partial charge in [0.05, 0.1) is 18.4 Å². The van der Waals surface area contributed by atoms with Crippen LogP contribution in [0.2, 0.25) is 0 Å². The van der Waals surface area contributed by atoms with Crippen molar-refractivity contribution in [3.05, 3.63) is 22.4 Å². The van der Waals surface area contributed by atoms with Gasteiger partial charge in [0.1, 0.15) is 0 Å². The summed E-state index contributed by atoms with van der Waals surface area (Å²) in [4.78, 5) is 36.4. The highest BCUT2D eigenvalue weighted by Gasteiger charge is 2.30. The fourth-order valence-electron chi connectivity index (χ4n) is 3.36. The first-order chi connectivity index (χ1) is 12.0. The number of hydrogen-bond acceptors (Lipinski definition) is 4. The normalized spacial score (nSPS) is 22.3. The zero-order chi connectivity index (χ0) is 18.2. The van der Waals surface area contributed by atoms with Crippen molar-refractivity contribution in [1.82, 2.24) is 10.6 Å². The fraction of sp³-hybridized carbons (Fsp3) is 0.611. The largest absolute Gasteiger partial charge is 0.481 e. The van der Waals surface area contributed by atoms with Crippen LogP contribution >= 0.6 is 11.3 Å². The van der Waals surface area contributed by atoms with E-state index in [1.165, 1.54) is 18.3 Å². The number of rotatable bonds is 6. The summed E-state index contributed by atoms with van der Waals surface area (Å²) in [5, 5.41) is 17.1. The van der Waals surface area contributed by atoms with Crippen LogP contribution in [-0.4, -0.2) is 28.9 Å². The summed E-state index contributed by atoms with van der Waals surface area (Å²) in [7, 11) is 0. The number of thiophene rings is 1. The Morgan fingerprint density at radius 1 is 1.24 bits per heavy atom. The van der Waals surface area contributed by atoms with Crippen LogP contribution in [0.3, 0.4) is 0 Å². The van der Waals surface area contributed by atoms with E-state index < -0.39 is 11.9 Å².